The van der Waals surface area contributed by atoms with E-state index in [1.54, 1.807) is 24.5 Å². The minimum atomic E-state index is -3.29. The molecule has 1 saturated carbocycles. The third-order valence-corrected chi connectivity index (χ3v) is 6.22. The highest BCUT2D eigenvalue weighted by atomic mass is 32.2. The average molecular weight is 401 g/mol. The molecule has 0 bridgehead atoms. The summed E-state index contributed by atoms with van der Waals surface area (Å²) in [6, 6.07) is 11.9. The van der Waals surface area contributed by atoms with E-state index in [0.29, 0.717) is 11.7 Å². The SMILES string of the molecule is CCS(=O)(=O)Nc1ccc(-c2cc(N(C=S)C3CC3)nc3[nH]ccc23)cc1. The molecule has 1 aromatic carbocycles. The highest BCUT2D eigenvalue weighted by Gasteiger charge is 2.29. The Labute approximate surface area is 163 Å². The Balaban J connectivity index is 1.74. The number of nitrogens with one attached hydrogen (secondary N) is 2. The smallest absolute Gasteiger partial charge is 0.232 e. The summed E-state index contributed by atoms with van der Waals surface area (Å²) in [5.74, 6) is 0.870. The number of hydrogen-bond acceptors (Lipinski definition) is 4. The Morgan fingerprint density at radius 1 is 1.30 bits per heavy atom. The Morgan fingerprint density at radius 3 is 2.67 bits per heavy atom. The zero-order valence-electron chi connectivity index (χ0n) is 14.8. The van der Waals surface area contributed by atoms with Crippen LogP contribution in [-0.2, 0) is 10.0 Å². The van der Waals surface area contributed by atoms with Crippen LogP contribution in [0, 0.1) is 0 Å². The number of rotatable bonds is 7. The minimum absolute atomic E-state index is 0.0427. The zero-order chi connectivity index (χ0) is 19.0. The fraction of sp³-hybridized carbons (Fsp3) is 0.263. The normalized spacial score (nSPS) is 14.3. The van der Waals surface area contributed by atoms with Gasteiger partial charge >= 0.3 is 0 Å². The van der Waals surface area contributed by atoms with Gasteiger partial charge in [-0.05, 0) is 55.2 Å². The summed E-state index contributed by atoms with van der Waals surface area (Å²) < 4.78 is 26.1. The van der Waals surface area contributed by atoms with Gasteiger partial charge in [0, 0.05) is 23.3 Å². The topological polar surface area (TPSA) is 78.1 Å². The molecular formula is C19H20N4O2S2. The van der Waals surface area contributed by atoms with Crippen LogP contribution in [0.3, 0.4) is 0 Å². The fourth-order valence-corrected chi connectivity index (χ4v) is 3.96. The van der Waals surface area contributed by atoms with Gasteiger partial charge in [0.05, 0.1) is 11.2 Å². The molecule has 0 saturated heterocycles. The van der Waals surface area contributed by atoms with Gasteiger partial charge in [-0.3, -0.25) is 4.72 Å². The lowest BCUT2D eigenvalue weighted by molar-refractivity contribution is 0.602. The summed E-state index contributed by atoms with van der Waals surface area (Å²) in [6.07, 6.45) is 4.12. The van der Waals surface area contributed by atoms with E-state index in [1.165, 1.54) is 0 Å². The van der Waals surface area contributed by atoms with E-state index in [9.17, 15) is 8.42 Å². The van der Waals surface area contributed by atoms with E-state index in [0.717, 1.165) is 40.8 Å². The molecule has 0 unspecified atom stereocenters. The van der Waals surface area contributed by atoms with Crippen LogP contribution in [0.2, 0.25) is 0 Å². The second kappa shape index (κ2) is 6.94. The maximum atomic E-state index is 11.7. The molecule has 3 aromatic rings. The summed E-state index contributed by atoms with van der Waals surface area (Å²) in [5, 5.41) is 1.01. The number of benzene rings is 1. The van der Waals surface area contributed by atoms with Crippen LogP contribution in [0.4, 0.5) is 11.5 Å². The largest absolute Gasteiger partial charge is 0.346 e. The van der Waals surface area contributed by atoms with Gasteiger partial charge in [-0.1, -0.05) is 24.4 Å². The second-order valence-corrected chi connectivity index (χ2v) is 8.82. The molecule has 2 aromatic heterocycles. The number of H-pyrrole nitrogens is 1. The highest BCUT2D eigenvalue weighted by molar-refractivity contribution is 7.92. The molecule has 0 spiro atoms. The molecule has 4 rings (SSSR count). The van der Waals surface area contributed by atoms with Crippen molar-refractivity contribution in [3.8, 4) is 11.1 Å². The molecule has 140 valence electrons. The predicted molar refractivity (Wildman–Crippen MR) is 114 cm³/mol. The molecule has 0 amide bonds. The molecule has 1 aliphatic rings. The van der Waals surface area contributed by atoms with Gasteiger partial charge in [0.15, 0.2) is 0 Å². The summed E-state index contributed by atoms with van der Waals surface area (Å²) in [4.78, 5) is 9.94. The molecule has 0 atom stereocenters. The van der Waals surface area contributed by atoms with E-state index >= 15 is 0 Å². The first kappa shape index (κ1) is 17.9. The number of fused-ring (bicyclic) bond motifs is 1. The van der Waals surface area contributed by atoms with E-state index in [1.807, 2.05) is 35.4 Å². The first-order chi connectivity index (χ1) is 13.0. The first-order valence-electron chi connectivity index (χ1n) is 8.83. The standard InChI is InChI=1S/C19H20N4O2S2/c1-2-27(24,25)22-14-5-3-13(4-6-14)17-11-18(23(12-26)15-7-8-15)21-19-16(17)9-10-20-19/h3-6,9-12,15,22H,2,7-8H2,1H3,(H,20,21). The fourth-order valence-electron chi connectivity index (χ4n) is 3.04. The summed E-state index contributed by atoms with van der Waals surface area (Å²) in [5.41, 5.74) is 5.05. The molecular weight excluding hydrogens is 380 g/mol. The molecule has 0 radical (unpaired) electrons. The quantitative estimate of drug-likeness (QED) is 0.588. The van der Waals surface area contributed by atoms with Crippen molar-refractivity contribution < 1.29 is 8.42 Å². The van der Waals surface area contributed by atoms with Crippen molar-refractivity contribution in [3.63, 3.8) is 0 Å². The van der Waals surface area contributed by atoms with Crippen LogP contribution in [0.15, 0.2) is 42.6 Å². The number of pyridine rings is 1. The van der Waals surface area contributed by atoms with Gasteiger partial charge in [-0.15, -0.1) is 0 Å². The number of hydrogen-bond donors (Lipinski definition) is 2. The zero-order valence-corrected chi connectivity index (χ0v) is 16.5. The second-order valence-electron chi connectivity index (χ2n) is 6.59. The van der Waals surface area contributed by atoms with Crippen molar-refractivity contribution in [2.45, 2.75) is 25.8 Å². The van der Waals surface area contributed by atoms with Gasteiger partial charge < -0.3 is 9.88 Å². The van der Waals surface area contributed by atoms with Crippen molar-refractivity contribution in [2.75, 3.05) is 15.4 Å². The molecule has 1 aliphatic carbocycles. The lowest BCUT2D eigenvalue weighted by Gasteiger charge is -2.18. The van der Waals surface area contributed by atoms with Crippen molar-refractivity contribution in [1.82, 2.24) is 9.97 Å². The van der Waals surface area contributed by atoms with E-state index in [4.69, 9.17) is 17.2 Å². The Hall–Kier alpha value is -2.45. The predicted octanol–water partition coefficient (Wildman–Crippen LogP) is 3.92. The maximum Gasteiger partial charge on any atom is 0.232 e. The lowest BCUT2D eigenvalue weighted by atomic mass is 10.0. The number of nitrogens with zero attached hydrogens (tertiary/aromatic N) is 2. The van der Waals surface area contributed by atoms with Crippen LogP contribution in [0.1, 0.15) is 19.8 Å². The minimum Gasteiger partial charge on any atom is -0.346 e. The van der Waals surface area contributed by atoms with Crippen molar-refractivity contribution in [1.29, 1.82) is 0 Å². The van der Waals surface area contributed by atoms with Gasteiger partial charge in [0.25, 0.3) is 0 Å². The monoisotopic (exact) mass is 400 g/mol. The van der Waals surface area contributed by atoms with E-state index in [-0.39, 0.29) is 5.75 Å². The maximum absolute atomic E-state index is 11.7. The first-order valence-corrected chi connectivity index (χ1v) is 11.0. The molecule has 8 heteroatoms. The number of aromatic amines is 1. The van der Waals surface area contributed by atoms with Crippen LogP contribution < -0.4 is 9.62 Å². The third-order valence-electron chi connectivity index (χ3n) is 4.68. The molecule has 27 heavy (non-hydrogen) atoms. The molecule has 2 heterocycles. The molecule has 6 nitrogen and oxygen atoms in total. The van der Waals surface area contributed by atoms with Gasteiger partial charge in [0.1, 0.15) is 11.5 Å². The molecule has 1 fully saturated rings. The number of anilines is 2. The Morgan fingerprint density at radius 2 is 2.04 bits per heavy atom. The van der Waals surface area contributed by atoms with Gasteiger partial charge in [-0.25, -0.2) is 13.4 Å². The summed E-state index contributed by atoms with van der Waals surface area (Å²) in [7, 11) is -3.29. The van der Waals surface area contributed by atoms with E-state index in [2.05, 4.69) is 9.71 Å². The van der Waals surface area contributed by atoms with Gasteiger partial charge in [0.2, 0.25) is 10.0 Å². The van der Waals surface area contributed by atoms with E-state index < -0.39 is 10.0 Å². The number of thiocarbonyl (C=S) groups is 1. The Bertz CT molecular complexity index is 1090. The van der Waals surface area contributed by atoms with Crippen LogP contribution in [-0.4, -0.2) is 35.7 Å². The summed E-state index contributed by atoms with van der Waals surface area (Å²) >= 11 is 5.20. The number of sulfonamides is 1. The van der Waals surface area contributed by atoms with Crippen LogP contribution >= 0.6 is 12.2 Å². The lowest BCUT2D eigenvalue weighted by Crippen LogP contribution is -2.23. The van der Waals surface area contributed by atoms with Crippen molar-refractivity contribution in [2.24, 2.45) is 0 Å². The van der Waals surface area contributed by atoms with Crippen LogP contribution in [0.5, 0.6) is 0 Å². The molecule has 0 aliphatic heterocycles. The molecule has 2 N–H and O–H groups in total. The van der Waals surface area contributed by atoms with Crippen molar-refractivity contribution >= 4 is 50.3 Å². The third kappa shape index (κ3) is 3.68. The van der Waals surface area contributed by atoms with Crippen LogP contribution in [0.25, 0.3) is 22.2 Å². The number of aromatic nitrogens is 2. The van der Waals surface area contributed by atoms with Gasteiger partial charge in [-0.2, -0.15) is 0 Å². The Kier molecular flexibility index (Phi) is 4.61. The van der Waals surface area contributed by atoms with Crippen molar-refractivity contribution in [3.05, 3.63) is 42.6 Å². The highest BCUT2D eigenvalue weighted by Crippen LogP contribution is 2.35. The summed E-state index contributed by atoms with van der Waals surface area (Å²) in [6.45, 7) is 1.61. The average Bonchev–Trinajstić information content (AvgIpc) is 3.38.